The van der Waals surface area contributed by atoms with Gasteiger partial charge in [0.15, 0.2) is 11.5 Å². The van der Waals surface area contributed by atoms with Crippen molar-refractivity contribution in [3.05, 3.63) is 23.8 Å². The maximum absolute atomic E-state index is 12.2. The van der Waals surface area contributed by atoms with E-state index in [1.54, 1.807) is 14.2 Å². The maximum Gasteiger partial charge on any atom is 0.222 e. The molecule has 1 saturated heterocycles. The van der Waals surface area contributed by atoms with E-state index in [2.05, 4.69) is 10.6 Å². The van der Waals surface area contributed by atoms with E-state index >= 15 is 0 Å². The molecule has 0 spiro atoms. The molecule has 7 heteroatoms. The number of carbonyl (C=O) groups excluding carboxylic acids is 1. The van der Waals surface area contributed by atoms with Crippen LogP contribution in [0, 0.1) is 0 Å². The Hall–Kier alpha value is -1.83. The van der Waals surface area contributed by atoms with Gasteiger partial charge in [-0.15, -0.1) is 0 Å². The molecule has 2 unspecified atom stereocenters. The zero-order chi connectivity index (χ0) is 18.1. The van der Waals surface area contributed by atoms with Crippen LogP contribution in [0.5, 0.6) is 11.5 Å². The van der Waals surface area contributed by atoms with E-state index in [0.29, 0.717) is 44.3 Å². The van der Waals surface area contributed by atoms with Crippen LogP contribution in [-0.4, -0.2) is 59.1 Å². The summed E-state index contributed by atoms with van der Waals surface area (Å²) in [5.74, 6) is 1.29. The quantitative estimate of drug-likeness (QED) is 0.652. The molecule has 0 aliphatic carbocycles. The minimum absolute atomic E-state index is 0.00473. The van der Waals surface area contributed by atoms with Gasteiger partial charge in [0.05, 0.1) is 33.0 Å². The Morgan fingerprint density at radius 2 is 2.20 bits per heavy atom. The summed E-state index contributed by atoms with van der Waals surface area (Å²) in [7, 11) is 3.23. The summed E-state index contributed by atoms with van der Waals surface area (Å²) < 4.78 is 21.4. The van der Waals surface area contributed by atoms with E-state index < -0.39 is 0 Å². The Labute approximate surface area is 149 Å². The molecule has 1 aromatic carbocycles. The lowest BCUT2D eigenvalue weighted by atomic mass is 10.1. The van der Waals surface area contributed by atoms with Gasteiger partial charge in [-0.05, 0) is 24.6 Å². The van der Waals surface area contributed by atoms with Crippen LogP contribution in [0.3, 0.4) is 0 Å². The van der Waals surface area contributed by atoms with Gasteiger partial charge in [0.2, 0.25) is 5.91 Å². The molecular weight excluding hydrogens is 324 g/mol. The summed E-state index contributed by atoms with van der Waals surface area (Å²) in [4.78, 5) is 12.2. The normalized spacial score (nSPS) is 18.4. The lowest BCUT2D eigenvalue weighted by Gasteiger charge is -2.24. The fourth-order valence-corrected chi connectivity index (χ4v) is 2.67. The molecule has 0 aromatic heterocycles. The van der Waals surface area contributed by atoms with Crippen LogP contribution < -0.4 is 20.1 Å². The highest BCUT2D eigenvalue weighted by atomic mass is 16.5. The first-order chi connectivity index (χ1) is 12.1. The summed E-state index contributed by atoms with van der Waals surface area (Å²) in [6.45, 7) is 4.97. The number of benzene rings is 1. The van der Waals surface area contributed by atoms with E-state index in [4.69, 9.17) is 18.9 Å². The first kappa shape index (κ1) is 19.5. The molecule has 0 bridgehead atoms. The molecule has 25 heavy (non-hydrogen) atoms. The van der Waals surface area contributed by atoms with Gasteiger partial charge in [-0.25, -0.2) is 0 Å². The summed E-state index contributed by atoms with van der Waals surface area (Å²) >= 11 is 0. The molecule has 1 aliphatic heterocycles. The van der Waals surface area contributed by atoms with Gasteiger partial charge in [-0.2, -0.15) is 0 Å². The van der Waals surface area contributed by atoms with Gasteiger partial charge in [-0.3, -0.25) is 4.79 Å². The number of hydrogen-bond donors (Lipinski definition) is 2. The summed E-state index contributed by atoms with van der Waals surface area (Å²) in [5, 5.41) is 6.30. The third kappa shape index (κ3) is 6.19. The minimum atomic E-state index is -0.126. The van der Waals surface area contributed by atoms with Crippen molar-refractivity contribution in [2.45, 2.75) is 25.4 Å². The largest absolute Gasteiger partial charge is 0.493 e. The Kier molecular flexibility index (Phi) is 7.97. The lowest BCUT2D eigenvalue weighted by Crippen LogP contribution is -2.44. The maximum atomic E-state index is 12.2. The topological polar surface area (TPSA) is 78.1 Å². The molecule has 0 saturated carbocycles. The average Bonchev–Trinajstić information content (AvgIpc) is 2.62. The second kappa shape index (κ2) is 10.2. The van der Waals surface area contributed by atoms with Gasteiger partial charge in [0, 0.05) is 26.1 Å². The Morgan fingerprint density at radius 3 is 2.88 bits per heavy atom. The zero-order valence-corrected chi connectivity index (χ0v) is 15.2. The van der Waals surface area contributed by atoms with Crippen molar-refractivity contribution < 1.29 is 23.7 Å². The van der Waals surface area contributed by atoms with Crippen LogP contribution >= 0.6 is 0 Å². The van der Waals surface area contributed by atoms with Crippen molar-refractivity contribution in [1.29, 1.82) is 0 Å². The standard InChI is InChI=1S/C18H28N2O5/c1-13(20-18(21)11-15-12-24-7-6-19-15)14-4-5-16(17(10-14)23-3)25-9-8-22-2/h4-5,10,13,15,19H,6-9,11-12H2,1-3H3,(H,20,21). The predicted molar refractivity (Wildman–Crippen MR) is 94.1 cm³/mol. The molecule has 140 valence electrons. The monoisotopic (exact) mass is 352 g/mol. The van der Waals surface area contributed by atoms with Crippen LogP contribution in [0.4, 0.5) is 0 Å². The molecule has 0 radical (unpaired) electrons. The van der Waals surface area contributed by atoms with Gasteiger partial charge in [0.25, 0.3) is 0 Å². The Morgan fingerprint density at radius 1 is 1.36 bits per heavy atom. The van der Waals surface area contributed by atoms with E-state index in [1.807, 2.05) is 25.1 Å². The van der Waals surface area contributed by atoms with Crippen LogP contribution in [0.25, 0.3) is 0 Å². The Balaban J connectivity index is 1.91. The zero-order valence-electron chi connectivity index (χ0n) is 15.2. The first-order valence-electron chi connectivity index (χ1n) is 8.54. The fraction of sp³-hybridized carbons (Fsp3) is 0.611. The number of ether oxygens (including phenoxy) is 4. The molecule has 1 aliphatic rings. The molecule has 1 amide bonds. The third-order valence-corrected chi connectivity index (χ3v) is 4.04. The van der Waals surface area contributed by atoms with Crippen molar-refractivity contribution in [3.63, 3.8) is 0 Å². The van der Waals surface area contributed by atoms with Gasteiger partial charge >= 0.3 is 0 Å². The molecule has 2 N–H and O–H groups in total. The van der Waals surface area contributed by atoms with Gasteiger partial charge in [0.1, 0.15) is 6.61 Å². The van der Waals surface area contributed by atoms with E-state index in [1.165, 1.54) is 0 Å². The second-order valence-corrected chi connectivity index (χ2v) is 5.97. The van der Waals surface area contributed by atoms with Crippen LogP contribution in [0.2, 0.25) is 0 Å². The summed E-state index contributed by atoms with van der Waals surface area (Å²) in [6.07, 6.45) is 0.402. The van der Waals surface area contributed by atoms with Crippen molar-refractivity contribution in [2.75, 3.05) is 47.2 Å². The molecule has 1 fully saturated rings. The van der Waals surface area contributed by atoms with Gasteiger partial charge in [-0.1, -0.05) is 6.07 Å². The fourth-order valence-electron chi connectivity index (χ4n) is 2.67. The van der Waals surface area contributed by atoms with Crippen LogP contribution in [0.15, 0.2) is 18.2 Å². The molecule has 1 heterocycles. The number of methoxy groups -OCH3 is 2. The van der Waals surface area contributed by atoms with Crippen molar-refractivity contribution in [3.8, 4) is 11.5 Å². The van der Waals surface area contributed by atoms with E-state index in [0.717, 1.165) is 12.1 Å². The highest BCUT2D eigenvalue weighted by Gasteiger charge is 2.19. The summed E-state index contributed by atoms with van der Waals surface area (Å²) in [5.41, 5.74) is 0.956. The smallest absolute Gasteiger partial charge is 0.222 e. The van der Waals surface area contributed by atoms with Crippen molar-refractivity contribution in [2.24, 2.45) is 0 Å². The second-order valence-electron chi connectivity index (χ2n) is 5.97. The highest BCUT2D eigenvalue weighted by molar-refractivity contribution is 5.77. The molecular formula is C18H28N2O5. The molecule has 2 rings (SSSR count). The predicted octanol–water partition coefficient (Wildman–Crippen LogP) is 1.28. The van der Waals surface area contributed by atoms with Crippen LogP contribution in [-0.2, 0) is 14.3 Å². The number of rotatable bonds is 9. The molecule has 7 nitrogen and oxygen atoms in total. The Bertz CT molecular complexity index is 546. The minimum Gasteiger partial charge on any atom is -0.493 e. The average molecular weight is 352 g/mol. The number of hydrogen-bond acceptors (Lipinski definition) is 6. The van der Waals surface area contributed by atoms with Crippen LogP contribution in [0.1, 0.15) is 24.9 Å². The summed E-state index contributed by atoms with van der Waals surface area (Å²) in [6, 6.07) is 5.61. The first-order valence-corrected chi connectivity index (χ1v) is 8.54. The number of morpholine rings is 1. The highest BCUT2D eigenvalue weighted by Crippen LogP contribution is 2.30. The van der Waals surface area contributed by atoms with Crippen molar-refractivity contribution in [1.82, 2.24) is 10.6 Å². The van der Waals surface area contributed by atoms with Gasteiger partial charge < -0.3 is 29.6 Å². The molecule has 1 aromatic rings. The number of amides is 1. The lowest BCUT2D eigenvalue weighted by molar-refractivity contribution is -0.122. The molecule has 2 atom stereocenters. The third-order valence-electron chi connectivity index (χ3n) is 4.04. The van der Waals surface area contributed by atoms with E-state index in [9.17, 15) is 4.79 Å². The number of nitrogens with one attached hydrogen (secondary N) is 2. The van der Waals surface area contributed by atoms with Crippen molar-refractivity contribution >= 4 is 5.91 Å². The SMILES string of the molecule is COCCOc1ccc(C(C)NC(=O)CC2COCCN2)cc1OC. The number of carbonyl (C=O) groups is 1. The van der Waals surface area contributed by atoms with E-state index in [-0.39, 0.29) is 18.0 Å².